The fraction of sp³-hybridized carbons (Fsp3) is 0.545. The van der Waals surface area contributed by atoms with Gasteiger partial charge in [-0.1, -0.05) is 0 Å². The first-order chi connectivity index (χ1) is 8.43. The number of hydrogen-bond acceptors (Lipinski definition) is 4. The summed E-state index contributed by atoms with van der Waals surface area (Å²) in [7, 11) is -3.69. The maximum atomic E-state index is 13.1. The Morgan fingerprint density at radius 2 is 1.94 bits per heavy atom. The van der Waals surface area contributed by atoms with Gasteiger partial charge in [0.2, 0.25) is 10.0 Å². The van der Waals surface area contributed by atoms with Crippen LogP contribution in [0.1, 0.15) is 13.8 Å². The van der Waals surface area contributed by atoms with E-state index in [-0.39, 0.29) is 17.0 Å². The molecule has 1 saturated heterocycles. The van der Waals surface area contributed by atoms with Crippen LogP contribution in [0.4, 0.5) is 4.39 Å². The molecule has 0 aliphatic carbocycles. The van der Waals surface area contributed by atoms with Crippen LogP contribution >= 0.6 is 0 Å². The van der Waals surface area contributed by atoms with E-state index < -0.39 is 15.8 Å². The molecular formula is C11H16FN3O2S. The number of nitrogens with one attached hydrogen (secondary N) is 1. The Hall–Kier alpha value is -1.05. The summed E-state index contributed by atoms with van der Waals surface area (Å²) in [5.41, 5.74) is 0. The summed E-state index contributed by atoms with van der Waals surface area (Å²) in [5.74, 6) is -0.647. The van der Waals surface area contributed by atoms with Gasteiger partial charge in [-0.3, -0.25) is 4.98 Å². The second-order valence-electron chi connectivity index (χ2n) is 4.53. The van der Waals surface area contributed by atoms with E-state index in [0.29, 0.717) is 13.1 Å². The number of nitrogens with zero attached hydrogens (tertiary/aromatic N) is 2. The van der Waals surface area contributed by atoms with Crippen molar-refractivity contribution < 1.29 is 12.8 Å². The lowest BCUT2D eigenvalue weighted by molar-refractivity contribution is 0.220. The second kappa shape index (κ2) is 4.91. The molecule has 1 aliphatic heterocycles. The minimum absolute atomic E-state index is 0.0944. The van der Waals surface area contributed by atoms with E-state index in [2.05, 4.69) is 10.3 Å². The highest BCUT2D eigenvalue weighted by Crippen LogP contribution is 2.22. The molecule has 100 valence electrons. The van der Waals surface area contributed by atoms with Crippen molar-refractivity contribution in [3.8, 4) is 0 Å². The van der Waals surface area contributed by atoms with E-state index in [1.54, 1.807) is 0 Å². The zero-order chi connectivity index (χ0) is 13.3. The Kier molecular flexibility index (Phi) is 3.65. The molecule has 7 heteroatoms. The lowest BCUT2D eigenvalue weighted by Gasteiger charge is -2.38. The van der Waals surface area contributed by atoms with Crippen molar-refractivity contribution >= 4 is 10.0 Å². The molecule has 2 heterocycles. The van der Waals surface area contributed by atoms with E-state index in [4.69, 9.17) is 0 Å². The molecule has 1 aliphatic rings. The second-order valence-corrected chi connectivity index (χ2v) is 6.37. The molecule has 2 rings (SSSR count). The Bertz CT molecular complexity index is 525. The first kappa shape index (κ1) is 13.4. The molecule has 18 heavy (non-hydrogen) atoms. The van der Waals surface area contributed by atoms with E-state index in [0.717, 1.165) is 12.3 Å². The number of halogens is 1. The standard InChI is InChI=1S/C11H16FN3O2S/c1-8-4-13-5-9(2)15(8)18(16,17)11-3-10(12)6-14-7-11/h3,6-9,13H,4-5H2,1-2H3. The Morgan fingerprint density at radius 3 is 2.50 bits per heavy atom. The van der Waals surface area contributed by atoms with Gasteiger partial charge in [0.05, 0.1) is 6.20 Å². The smallest absolute Gasteiger partial charge is 0.245 e. The highest BCUT2D eigenvalue weighted by atomic mass is 32.2. The van der Waals surface area contributed by atoms with Crippen LogP contribution in [0.3, 0.4) is 0 Å². The van der Waals surface area contributed by atoms with Crippen molar-refractivity contribution in [2.45, 2.75) is 30.8 Å². The summed E-state index contributed by atoms with van der Waals surface area (Å²) in [5, 5.41) is 3.15. The monoisotopic (exact) mass is 273 g/mol. The number of sulfonamides is 1. The molecule has 5 nitrogen and oxygen atoms in total. The summed E-state index contributed by atoms with van der Waals surface area (Å²) in [4.78, 5) is 3.50. The van der Waals surface area contributed by atoms with Crippen LogP contribution in [0.5, 0.6) is 0 Å². The highest BCUT2D eigenvalue weighted by Gasteiger charge is 2.35. The molecule has 1 fully saturated rings. The van der Waals surface area contributed by atoms with Crippen LogP contribution in [0, 0.1) is 5.82 Å². The zero-order valence-electron chi connectivity index (χ0n) is 10.3. The summed E-state index contributed by atoms with van der Waals surface area (Å²) in [6.07, 6.45) is 2.17. The molecule has 2 unspecified atom stereocenters. The molecule has 1 N–H and O–H groups in total. The fourth-order valence-electron chi connectivity index (χ4n) is 2.24. The van der Waals surface area contributed by atoms with Crippen molar-refractivity contribution in [1.29, 1.82) is 0 Å². The van der Waals surface area contributed by atoms with Gasteiger partial charge < -0.3 is 5.32 Å². The third kappa shape index (κ3) is 2.38. The number of rotatable bonds is 2. The molecular weight excluding hydrogens is 257 g/mol. The molecule has 0 amide bonds. The van der Waals surface area contributed by atoms with E-state index in [9.17, 15) is 12.8 Å². The summed E-state index contributed by atoms with van der Waals surface area (Å²) in [6.45, 7) is 4.83. The van der Waals surface area contributed by atoms with Gasteiger partial charge in [0.25, 0.3) is 0 Å². The molecule has 0 saturated carbocycles. The maximum Gasteiger partial charge on any atom is 0.245 e. The molecule has 0 bridgehead atoms. The summed E-state index contributed by atoms with van der Waals surface area (Å²) < 4.78 is 39.4. The topological polar surface area (TPSA) is 62.3 Å². The van der Waals surface area contributed by atoms with Crippen LogP contribution < -0.4 is 5.32 Å². The van der Waals surface area contributed by atoms with Gasteiger partial charge in [-0.05, 0) is 19.9 Å². The largest absolute Gasteiger partial charge is 0.314 e. The Balaban J connectivity index is 2.41. The number of piperazine rings is 1. The normalized spacial score (nSPS) is 26.2. The predicted molar refractivity (Wildman–Crippen MR) is 65.0 cm³/mol. The summed E-state index contributed by atoms with van der Waals surface area (Å²) in [6, 6.07) is 0.674. The first-order valence-electron chi connectivity index (χ1n) is 5.77. The lowest BCUT2D eigenvalue weighted by Crippen LogP contribution is -2.57. The van der Waals surface area contributed by atoms with E-state index >= 15 is 0 Å². The van der Waals surface area contributed by atoms with Crippen LogP contribution in [-0.2, 0) is 10.0 Å². The molecule has 0 aromatic carbocycles. The van der Waals surface area contributed by atoms with Gasteiger partial charge in [0, 0.05) is 31.4 Å². The van der Waals surface area contributed by atoms with Crippen molar-refractivity contribution in [2.24, 2.45) is 0 Å². The predicted octanol–water partition coefficient (Wildman–Crippen LogP) is 0.592. The highest BCUT2D eigenvalue weighted by molar-refractivity contribution is 7.89. The molecule has 0 radical (unpaired) electrons. The Morgan fingerprint density at radius 1 is 1.33 bits per heavy atom. The van der Waals surface area contributed by atoms with Crippen LogP contribution in [0.15, 0.2) is 23.4 Å². The zero-order valence-corrected chi connectivity index (χ0v) is 11.1. The molecule has 0 spiro atoms. The molecule has 2 atom stereocenters. The SMILES string of the molecule is CC1CNCC(C)N1S(=O)(=O)c1cncc(F)c1. The number of hydrogen-bond donors (Lipinski definition) is 1. The van der Waals surface area contributed by atoms with Crippen LogP contribution in [0.25, 0.3) is 0 Å². The lowest BCUT2D eigenvalue weighted by atomic mass is 10.2. The third-order valence-corrected chi connectivity index (χ3v) is 5.10. The quantitative estimate of drug-likeness (QED) is 0.857. The molecule has 1 aromatic heterocycles. The fourth-order valence-corrected chi connectivity index (χ4v) is 4.04. The minimum Gasteiger partial charge on any atom is -0.314 e. The maximum absolute atomic E-state index is 13.1. The minimum atomic E-state index is -3.69. The third-order valence-electron chi connectivity index (χ3n) is 3.00. The van der Waals surface area contributed by atoms with Gasteiger partial charge in [-0.15, -0.1) is 0 Å². The van der Waals surface area contributed by atoms with Crippen molar-refractivity contribution in [3.05, 3.63) is 24.3 Å². The average molecular weight is 273 g/mol. The molecule has 1 aromatic rings. The number of pyridine rings is 1. The summed E-state index contributed by atoms with van der Waals surface area (Å²) >= 11 is 0. The van der Waals surface area contributed by atoms with Crippen molar-refractivity contribution in [2.75, 3.05) is 13.1 Å². The van der Waals surface area contributed by atoms with Crippen LogP contribution in [0.2, 0.25) is 0 Å². The van der Waals surface area contributed by atoms with Crippen LogP contribution in [-0.4, -0.2) is 42.9 Å². The first-order valence-corrected chi connectivity index (χ1v) is 7.21. The van der Waals surface area contributed by atoms with E-state index in [1.165, 1.54) is 10.5 Å². The van der Waals surface area contributed by atoms with Gasteiger partial charge in [-0.25, -0.2) is 12.8 Å². The van der Waals surface area contributed by atoms with Crippen molar-refractivity contribution in [1.82, 2.24) is 14.6 Å². The Labute approximate surface area is 106 Å². The van der Waals surface area contributed by atoms with Gasteiger partial charge in [-0.2, -0.15) is 4.31 Å². The number of aromatic nitrogens is 1. The van der Waals surface area contributed by atoms with Gasteiger partial charge >= 0.3 is 0 Å². The van der Waals surface area contributed by atoms with Gasteiger partial charge in [0.1, 0.15) is 10.7 Å². The average Bonchev–Trinajstić information content (AvgIpc) is 2.28. The van der Waals surface area contributed by atoms with E-state index in [1.807, 2.05) is 13.8 Å². The van der Waals surface area contributed by atoms with Gasteiger partial charge in [0.15, 0.2) is 0 Å². The van der Waals surface area contributed by atoms with Crippen molar-refractivity contribution in [3.63, 3.8) is 0 Å².